The topological polar surface area (TPSA) is 77.2 Å². The first-order valence-corrected chi connectivity index (χ1v) is 7.76. The molecular formula is C18H23N3O2. The molecule has 0 aliphatic heterocycles. The highest BCUT2D eigenvalue weighted by Crippen LogP contribution is 2.19. The van der Waals surface area contributed by atoms with Gasteiger partial charge in [-0.15, -0.1) is 0 Å². The van der Waals surface area contributed by atoms with Crippen LogP contribution >= 0.6 is 0 Å². The van der Waals surface area contributed by atoms with Crippen molar-refractivity contribution in [2.45, 2.75) is 33.1 Å². The molecule has 0 aliphatic carbocycles. The number of carbonyl (C=O) groups is 1. The first-order chi connectivity index (χ1) is 11.0. The third kappa shape index (κ3) is 5.62. The summed E-state index contributed by atoms with van der Waals surface area (Å²) >= 11 is 0. The van der Waals surface area contributed by atoms with Crippen LogP contribution in [0.4, 0.5) is 11.5 Å². The Hall–Kier alpha value is -2.56. The SMILES string of the molecule is Cc1ccc(C)c(OCCCCC(=O)Nc2ccc(N)nc2)c1. The zero-order valence-corrected chi connectivity index (χ0v) is 13.6. The lowest BCUT2D eigenvalue weighted by Crippen LogP contribution is -2.12. The Labute approximate surface area is 136 Å². The van der Waals surface area contributed by atoms with E-state index in [2.05, 4.69) is 22.4 Å². The Morgan fingerprint density at radius 2 is 2.04 bits per heavy atom. The van der Waals surface area contributed by atoms with E-state index in [0.29, 0.717) is 24.5 Å². The van der Waals surface area contributed by atoms with Crippen molar-refractivity contribution < 1.29 is 9.53 Å². The lowest BCUT2D eigenvalue weighted by Gasteiger charge is -2.10. The van der Waals surface area contributed by atoms with Crippen molar-refractivity contribution in [2.75, 3.05) is 17.7 Å². The third-order valence-corrected chi connectivity index (χ3v) is 3.47. The third-order valence-electron chi connectivity index (χ3n) is 3.47. The number of aromatic nitrogens is 1. The van der Waals surface area contributed by atoms with E-state index in [-0.39, 0.29) is 5.91 Å². The minimum absolute atomic E-state index is 0.0247. The molecule has 1 heterocycles. The Morgan fingerprint density at radius 1 is 1.22 bits per heavy atom. The molecule has 5 heteroatoms. The molecule has 3 N–H and O–H groups in total. The highest BCUT2D eigenvalue weighted by atomic mass is 16.5. The molecule has 0 spiro atoms. The molecule has 0 unspecified atom stereocenters. The molecule has 1 amide bonds. The van der Waals surface area contributed by atoms with Crippen LogP contribution in [0.3, 0.4) is 0 Å². The van der Waals surface area contributed by atoms with Gasteiger partial charge in [0.1, 0.15) is 11.6 Å². The normalized spacial score (nSPS) is 10.3. The summed E-state index contributed by atoms with van der Waals surface area (Å²) in [5.41, 5.74) is 8.48. The Morgan fingerprint density at radius 3 is 2.78 bits per heavy atom. The number of nitrogen functional groups attached to an aromatic ring is 1. The second-order valence-electron chi connectivity index (χ2n) is 5.59. The summed E-state index contributed by atoms with van der Waals surface area (Å²) in [6.45, 7) is 4.69. The number of unbranched alkanes of at least 4 members (excludes halogenated alkanes) is 1. The van der Waals surface area contributed by atoms with Crippen molar-refractivity contribution in [3.63, 3.8) is 0 Å². The number of aryl methyl sites for hydroxylation is 2. The van der Waals surface area contributed by atoms with Gasteiger partial charge in [0.05, 0.1) is 18.5 Å². The average molecular weight is 313 g/mol. The first kappa shape index (κ1) is 16.8. The number of ether oxygens (including phenoxy) is 1. The standard InChI is InChI=1S/C18H23N3O2/c1-13-6-7-14(2)16(11-13)23-10-4-3-5-18(22)21-15-8-9-17(19)20-12-15/h6-9,11-12H,3-5,10H2,1-2H3,(H2,19,20)(H,21,22). The van der Waals surface area contributed by atoms with Crippen LogP contribution in [-0.2, 0) is 4.79 Å². The van der Waals surface area contributed by atoms with Crippen LogP contribution in [0.2, 0.25) is 0 Å². The largest absolute Gasteiger partial charge is 0.493 e. The number of rotatable bonds is 7. The van der Waals surface area contributed by atoms with Crippen LogP contribution in [0.25, 0.3) is 0 Å². The van der Waals surface area contributed by atoms with Crippen LogP contribution in [0.5, 0.6) is 5.75 Å². The number of nitrogens with two attached hydrogens (primary N) is 1. The van der Waals surface area contributed by atoms with E-state index in [4.69, 9.17) is 10.5 Å². The number of carbonyl (C=O) groups excluding carboxylic acids is 1. The maximum Gasteiger partial charge on any atom is 0.224 e. The molecule has 2 rings (SSSR count). The highest BCUT2D eigenvalue weighted by Gasteiger charge is 2.04. The van der Waals surface area contributed by atoms with Gasteiger partial charge in [-0.3, -0.25) is 4.79 Å². The van der Waals surface area contributed by atoms with Crippen LogP contribution in [0.1, 0.15) is 30.4 Å². The van der Waals surface area contributed by atoms with Crippen molar-refractivity contribution in [3.8, 4) is 5.75 Å². The maximum atomic E-state index is 11.8. The van der Waals surface area contributed by atoms with E-state index in [1.165, 1.54) is 5.56 Å². The van der Waals surface area contributed by atoms with E-state index in [0.717, 1.165) is 24.2 Å². The van der Waals surface area contributed by atoms with Gasteiger partial charge < -0.3 is 15.8 Å². The number of hydrogen-bond acceptors (Lipinski definition) is 4. The predicted octanol–water partition coefficient (Wildman–Crippen LogP) is 3.47. The molecule has 1 aromatic carbocycles. The number of benzene rings is 1. The molecule has 1 aromatic heterocycles. The number of nitrogens with zero attached hydrogens (tertiary/aromatic N) is 1. The maximum absolute atomic E-state index is 11.8. The Kier molecular flexibility index (Phi) is 5.97. The zero-order valence-electron chi connectivity index (χ0n) is 13.6. The lowest BCUT2D eigenvalue weighted by molar-refractivity contribution is -0.116. The van der Waals surface area contributed by atoms with Gasteiger partial charge in [0.25, 0.3) is 0 Å². The van der Waals surface area contributed by atoms with Crippen LogP contribution < -0.4 is 15.8 Å². The molecule has 0 fully saturated rings. The van der Waals surface area contributed by atoms with Gasteiger partial charge in [0.2, 0.25) is 5.91 Å². The van der Waals surface area contributed by atoms with Crippen molar-refractivity contribution in [2.24, 2.45) is 0 Å². The van der Waals surface area contributed by atoms with Gasteiger partial charge >= 0.3 is 0 Å². The number of anilines is 2. The lowest BCUT2D eigenvalue weighted by atomic mass is 10.1. The van der Waals surface area contributed by atoms with Gasteiger partial charge in [-0.1, -0.05) is 12.1 Å². The van der Waals surface area contributed by atoms with Crippen molar-refractivity contribution in [3.05, 3.63) is 47.7 Å². The molecule has 0 radical (unpaired) electrons. The second kappa shape index (κ2) is 8.17. The second-order valence-corrected chi connectivity index (χ2v) is 5.59. The van der Waals surface area contributed by atoms with Gasteiger partial charge in [-0.05, 0) is 56.0 Å². The predicted molar refractivity (Wildman–Crippen MR) is 92.5 cm³/mol. The number of pyridine rings is 1. The summed E-state index contributed by atoms with van der Waals surface area (Å²) < 4.78 is 5.78. The van der Waals surface area contributed by atoms with Crippen molar-refractivity contribution in [1.29, 1.82) is 0 Å². The monoisotopic (exact) mass is 313 g/mol. The number of amides is 1. The summed E-state index contributed by atoms with van der Waals surface area (Å²) in [6, 6.07) is 9.56. The summed E-state index contributed by atoms with van der Waals surface area (Å²) in [5, 5.41) is 2.80. The summed E-state index contributed by atoms with van der Waals surface area (Å²) in [4.78, 5) is 15.8. The van der Waals surface area contributed by atoms with Gasteiger partial charge in [-0.2, -0.15) is 0 Å². The molecule has 122 valence electrons. The zero-order chi connectivity index (χ0) is 16.7. The minimum atomic E-state index is -0.0247. The first-order valence-electron chi connectivity index (χ1n) is 7.76. The van der Waals surface area contributed by atoms with Gasteiger partial charge in [-0.25, -0.2) is 4.98 Å². The van der Waals surface area contributed by atoms with Crippen LogP contribution in [-0.4, -0.2) is 17.5 Å². The molecule has 0 saturated heterocycles. The van der Waals surface area contributed by atoms with E-state index < -0.39 is 0 Å². The van der Waals surface area contributed by atoms with E-state index >= 15 is 0 Å². The summed E-state index contributed by atoms with van der Waals surface area (Å²) in [7, 11) is 0. The molecule has 0 saturated carbocycles. The molecule has 5 nitrogen and oxygen atoms in total. The average Bonchev–Trinajstić information content (AvgIpc) is 2.52. The van der Waals surface area contributed by atoms with E-state index in [1.54, 1.807) is 18.3 Å². The van der Waals surface area contributed by atoms with Crippen molar-refractivity contribution in [1.82, 2.24) is 4.98 Å². The fourth-order valence-corrected chi connectivity index (χ4v) is 2.14. The summed E-state index contributed by atoms with van der Waals surface area (Å²) in [5.74, 6) is 1.33. The van der Waals surface area contributed by atoms with E-state index in [9.17, 15) is 4.79 Å². The summed E-state index contributed by atoms with van der Waals surface area (Å²) in [6.07, 6.45) is 3.62. The van der Waals surface area contributed by atoms with Gasteiger partial charge in [0.15, 0.2) is 0 Å². The minimum Gasteiger partial charge on any atom is -0.493 e. The fourth-order valence-electron chi connectivity index (χ4n) is 2.14. The Bertz CT molecular complexity index is 654. The van der Waals surface area contributed by atoms with Gasteiger partial charge in [0, 0.05) is 6.42 Å². The van der Waals surface area contributed by atoms with Crippen LogP contribution in [0, 0.1) is 13.8 Å². The van der Waals surface area contributed by atoms with E-state index in [1.807, 2.05) is 19.9 Å². The molecule has 0 bridgehead atoms. The smallest absolute Gasteiger partial charge is 0.224 e. The molecular weight excluding hydrogens is 290 g/mol. The number of hydrogen-bond donors (Lipinski definition) is 2. The van der Waals surface area contributed by atoms with Crippen LogP contribution in [0.15, 0.2) is 36.5 Å². The van der Waals surface area contributed by atoms with Crippen molar-refractivity contribution >= 4 is 17.4 Å². The number of nitrogens with one attached hydrogen (secondary N) is 1. The molecule has 23 heavy (non-hydrogen) atoms. The quantitative estimate of drug-likeness (QED) is 0.767. The molecule has 0 atom stereocenters. The fraction of sp³-hybridized carbons (Fsp3) is 0.333. The highest BCUT2D eigenvalue weighted by molar-refractivity contribution is 5.90. The Balaban J connectivity index is 1.66. The molecule has 2 aromatic rings. The molecule has 0 aliphatic rings.